The number of hydrogen-bond acceptors (Lipinski definition) is 4. The molecular weight excluding hydrogens is 322 g/mol. The molecule has 0 radical (unpaired) electrons. The molecule has 2 N–H and O–H groups in total. The van der Waals surface area contributed by atoms with Crippen LogP contribution >= 0.6 is 0 Å². The topological polar surface area (TPSA) is 84.9 Å². The van der Waals surface area contributed by atoms with E-state index in [1.807, 2.05) is 39.8 Å². The lowest BCUT2D eigenvalue weighted by atomic mass is 9.83. The summed E-state index contributed by atoms with van der Waals surface area (Å²) in [6.07, 6.45) is 0.528. The summed E-state index contributed by atoms with van der Waals surface area (Å²) in [4.78, 5) is 24.0. The molecule has 0 spiro atoms. The van der Waals surface area contributed by atoms with Crippen LogP contribution in [0.4, 0.5) is 0 Å². The predicted octanol–water partition coefficient (Wildman–Crippen LogP) is 2.60. The summed E-state index contributed by atoms with van der Waals surface area (Å²) in [6, 6.07) is 5.46. The Morgan fingerprint density at radius 3 is 2.44 bits per heavy atom. The first-order valence-electron chi connectivity index (χ1n) is 8.63. The molecule has 0 saturated carbocycles. The van der Waals surface area contributed by atoms with Crippen molar-refractivity contribution in [2.45, 2.75) is 39.5 Å². The van der Waals surface area contributed by atoms with Gasteiger partial charge in [0.05, 0.1) is 11.3 Å². The zero-order valence-corrected chi connectivity index (χ0v) is 15.3. The Bertz CT molecular complexity index is 639. The van der Waals surface area contributed by atoms with Crippen molar-refractivity contribution >= 4 is 11.9 Å². The first-order valence-corrected chi connectivity index (χ1v) is 8.63. The fraction of sp³-hybridized carbons (Fsp3) is 0.579. The van der Waals surface area contributed by atoms with Gasteiger partial charge in [-0.25, -0.2) is 0 Å². The number of carbonyl (C=O) groups excluding carboxylic acids is 1. The quantitative estimate of drug-likeness (QED) is 0.790. The number of carboxylic acids is 1. The Labute approximate surface area is 148 Å². The Balaban J connectivity index is 2.07. The number of amides is 1. The minimum Gasteiger partial charge on any atom is -0.486 e. The van der Waals surface area contributed by atoms with Crippen molar-refractivity contribution in [2.24, 2.45) is 11.8 Å². The fourth-order valence-electron chi connectivity index (χ4n) is 2.84. The van der Waals surface area contributed by atoms with Crippen molar-refractivity contribution < 1.29 is 24.2 Å². The summed E-state index contributed by atoms with van der Waals surface area (Å²) in [6.45, 7) is 8.69. The van der Waals surface area contributed by atoms with Crippen molar-refractivity contribution in [3.8, 4) is 11.5 Å². The van der Waals surface area contributed by atoms with Gasteiger partial charge in [-0.15, -0.1) is 0 Å². The lowest BCUT2D eigenvalue weighted by Crippen LogP contribution is -2.43. The summed E-state index contributed by atoms with van der Waals surface area (Å²) in [7, 11) is 0. The Kier molecular flexibility index (Phi) is 5.93. The number of rotatable bonds is 7. The van der Waals surface area contributed by atoms with Gasteiger partial charge in [-0.05, 0) is 43.9 Å². The van der Waals surface area contributed by atoms with Gasteiger partial charge in [-0.1, -0.05) is 19.9 Å². The van der Waals surface area contributed by atoms with Gasteiger partial charge in [-0.2, -0.15) is 0 Å². The normalized spacial score (nSPS) is 14.9. The number of hydrogen-bond donors (Lipinski definition) is 2. The summed E-state index contributed by atoms with van der Waals surface area (Å²) in [5.41, 5.74) is -0.0125. The number of benzene rings is 1. The van der Waals surface area contributed by atoms with Gasteiger partial charge in [0.15, 0.2) is 11.5 Å². The SMILES string of the molecule is CC(C)CC(CNC(=O)C(C)(C)c1ccc2c(c1)OCCO2)C(=O)O. The van der Waals surface area contributed by atoms with Crippen LogP contribution in [0.5, 0.6) is 11.5 Å². The molecule has 1 aliphatic rings. The van der Waals surface area contributed by atoms with Crippen LogP contribution in [-0.2, 0) is 15.0 Å². The molecule has 25 heavy (non-hydrogen) atoms. The van der Waals surface area contributed by atoms with E-state index < -0.39 is 17.3 Å². The van der Waals surface area contributed by atoms with Crippen LogP contribution in [0.2, 0.25) is 0 Å². The second-order valence-corrected chi connectivity index (χ2v) is 7.36. The van der Waals surface area contributed by atoms with Gasteiger partial charge >= 0.3 is 5.97 Å². The lowest BCUT2D eigenvalue weighted by Gasteiger charge is -2.27. The van der Waals surface area contributed by atoms with Crippen LogP contribution in [0.3, 0.4) is 0 Å². The molecule has 2 rings (SSSR count). The first kappa shape index (κ1) is 19.1. The Morgan fingerprint density at radius 2 is 1.84 bits per heavy atom. The molecule has 6 heteroatoms. The van der Waals surface area contributed by atoms with Crippen molar-refractivity contribution in [2.75, 3.05) is 19.8 Å². The molecule has 0 bridgehead atoms. The van der Waals surface area contributed by atoms with Gasteiger partial charge < -0.3 is 19.9 Å². The van der Waals surface area contributed by atoms with E-state index in [-0.39, 0.29) is 18.4 Å². The molecule has 0 aromatic heterocycles. The van der Waals surface area contributed by atoms with E-state index in [4.69, 9.17) is 9.47 Å². The standard InChI is InChI=1S/C19H27NO5/c1-12(2)9-13(17(21)22)11-20-18(23)19(3,4)14-5-6-15-16(10-14)25-8-7-24-15/h5-6,10,12-13H,7-9,11H2,1-4H3,(H,20,23)(H,21,22). The minimum absolute atomic E-state index is 0.125. The zero-order valence-electron chi connectivity index (χ0n) is 15.3. The average molecular weight is 349 g/mol. The third-order valence-corrected chi connectivity index (χ3v) is 4.45. The van der Waals surface area contributed by atoms with Gasteiger partial charge in [0, 0.05) is 6.54 Å². The number of carboxylic acid groups (broad SMARTS) is 1. The van der Waals surface area contributed by atoms with Crippen molar-refractivity contribution in [1.29, 1.82) is 0 Å². The molecular formula is C19H27NO5. The smallest absolute Gasteiger partial charge is 0.308 e. The van der Waals surface area contributed by atoms with Crippen molar-refractivity contribution in [3.05, 3.63) is 23.8 Å². The molecule has 1 aromatic carbocycles. The van der Waals surface area contributed by atoms with Crippen LogP contribution in [0.15, 0.2) is 18.2 Å². The second kappa shape index (κ2) is 7.76. The van der Waals surface area contributed by atoms with Gasteiger partial charge in [0.25, 0.3) is 0 Å². The van der Waals surface area contributed by atoms with Crippen molar-refractivity contribution in [3.63, 3.8) is 0 Å². The fourth-order valence-corrected chi connectivity index (χ4v) is 2.84. The second-order valence-electron chi connectivity index (χ2n) is 7.36. The molecule has 0 fully saturated rings. The van der Waals surface area contributed by atoms with Crippen LogP contribution < -0.4 is 14.8 Å². The molecule has 0 saturated heterocycles. The molecule has 1 heterocycles. The van der Waals surface area contributed by atoms with Crippen LogP contribution in [0.1, 0.15) is 39.7 Å². The summed E-state index contributed by atoms with van der Waals surface area (Å²) >= 11 is 0. The zero-order chi connectivity index (χ0) is 18.6. The highest BCUT2D eigenvalue weighted by atomic mass is 16.6. The van der Waals surface area contributed by atoms with Crippen LogP contribution in [-0.4, -0.2) is 36.7 Å². The van der Waals surface area contributed by atoms with E-state index in [0.717, 1.165) is 5.56 Å². The lowest BCUT2D eigenvalue weighted by molar-refractivity contribution is -0.142. The number of aliphatic carboxylic acids is 1. The Hall–Kier alpha value is -2.24. The maximum absolute atomic E-state index is 12.7. The summed E-state index contributed by atoms with van der Waals surface area (Å²) < 4.78 is 11.1. The highest BCUT2D eigenvalue weighted by Gasteiger charge is 2.32. The molecule has 0 aliphatic carbocycles. The number of fused-ring (bicyclic) bond motifs is 1. The third-order valence-electron chi connectivity index (χ3n) is 4.45. The highest BCUT2D eigenvalue weighted by molar-refractivity contribution is 5.88. The van der Waals surface area contributed by atoms with E-state index in [0.29, 0.717) is 31.1 Å². The van der Waals surface area contributed by atoms with Gasteiger partial charge in [-0.3, -0.25) is 9.59 Å². The summed E-state index contributed by atoms with van der Waals surface area (Å²) in [5, 5.41) is 12.1. The number of ether oxygens (including phenoxy) is 2. The monoisotopic (exact) mass is 349 g/mol. The van der Waals surface area contributed by atoms with Crippen LogP contribution in [0, 0.1) is 11.8 Å². The maximum Gasteiger partial charge on any atom is 0.308 e. The largest absolute Gasteiger partial charge is 0.486 e. The molecule has 6 nitrogen and oxygen atoms in total. The first-order chi connectivity index (χ1) is 11.7. The van der Waals surface area contributed by atoms with E-state index >= 15 is 0 Å². The molecule has 1 amide bonds. The van der Waals surface area contributed by atoms with E-state index in [9.17, 15) is 14.7 Å². The molecule has 1 atom stereocenters. The number of nitrogens with one attached hydrogen (secondary N) is 1. The maximum atomic E-state index is 12.7. The average Bonchev–Trinajstić information content (AvgIpc) is 2.57. The predicted molar refractivity (Wildman–Crippen MR) is 94.0 cm³/mol. The molecule has 1 aromatic rings. The van der Waals surface area contributed by atoms with E-state index in [1.54, 1.807) is 6.07 Å². The van der Waals surface area contributed by atoms with Crippen molar-refractivity contribution in [1.82, 2.24) is 5.32 Å². The van der Waals surface area contributed by atoms with E-state index in [1.165, 1.54) is 0 Å². The van der Waals surface area contributed by atoms with E-state index in [2.05, 4.69) is 5.32 Å². The molecule has 1 aliphatic heterocycles. The minimum atomic E-state index is -0.883. The van der Waals surface area contributed by atoms with Gasteiger partial charge in [0.1, 0.15) is 13.2 Å². The summed E-state index contributed by atoms with van der Waals surface area (Å²) in [5.74, 6) is -0.115. The third kappa shape index (κ3) is 4.65. The molecule has 1 unspecified atom stereocenters. The molecule has 138 valence electrons. The van der Waals surface area contributed by atoms with Crippen LogP contribution in [0.25, 0.3) is 0 Å². The Morgan fingerprint density at radius 1 is 1.20 bits per heavy atom. The highest BCUT2D eigenvalue weighted by Crippen LogP contribution is 2.35. The number of carbonyl (C=O) groups is 2. The van der Waals surface area contributed by atoms with Gasteiger partial charge in [0.2, 0.25) is 5.91 Å².